The summed E-state index contributed by atoms with van der Waals surface area (Å²) in [5.41, 5.74) is 6.67. The molecular weight excluding hydrogens is 289 g/mol. The Bertz CT molecular complexity index is 572. The van der Waals surface area contributed by atoms with E-state index in [1.54, 1.807) is 12.1 Å². The van der Waals surface area contributed by atoms with E-state index in [-0.39, 0.29) is 5.89 Å². The first-order chi connectivity index (χ1) is 9.13. The van der Waals surface area contributed by atoms with E-state index in [1.165, 1.54) is 0 Å². The van der Waals surface area contributed by atoms with Crippen LogP contribution in [0.1, 0.15) is 12.7 Å². The van der Waals surface area contributed by atoms with Crippen LogP contribution in [-0.2, 0) is 11.2 Å². The molecule has 0 unspecified atom stereocenters. The van der Waals surface area contributed by atoms with Gasteiger partial charge in [-0.3, -0.25) is 0 Å². The summed E-state index contributed by atoms with van der Waals surface area (Å²) >= 11 is 12.0. The van der Waals surface area contributed by atoms with Crippen LogP contribution in [-0.4, -0.2) is 23.4 Å². The van der Waals surface area contributed by atoms with Gasteiger partial charge in [0.15, 0.2) is 5.82 Å². The second-order valence-electron chi connectivity index (χ2n) is 3.78. The van der Waals surface area contributed by atoms with Gasteiger partial charge in [0.1, 0.15) is 0 Å². The highest BCUT2D eigenvalue weighted by molar-refractivity contribution is 6.37. The van der Waals surface area contributed by atoms with E-state index >= 15 is 0 Å². The molecule has 1 heterocycles. The van der Waals surface area contributed by atoms with E-state index in [0.29, 0.717) is 46.8 Å². The lowest BCUT2D eigenvalue weighted by molar-refractivity contribution is 0.149. The van der Waals surface area contributed by atoms with Crippen molar-refractivity contribution in [3.05, 3.63) is 28.0 Å². The molecule has 7 heteroatoms. The van der Waals surface area contributed by atoms with E-state index in [0.717, 1.165) is 0 Å². The van der Waals surface area contributed by atoms with Crippen molar-refractivity contribution in [1.29, 1.82) is 0 Å². The zero-order valence-electron chi connectivity index (χ0n) is 10.3. The number of nitrogen functional groups attached to an aromatic ring is 1. The topological polar surface area (TPSA) is 74.2 Å². The number of rotatable bonds is 5. The highest BCUT2D eigenvalue weighted by atomic mass is 35.5. The molecule has 2 aromatic rings. The molecule has 5 nitrogen and oxygen atoms in total. The zero-order valence-corrected chi connectivity index (χ0v) is 11.8. The van der Waals surface area contributed by atoms with Crippen molar-refractivity contribution < 1.29 is 9.26 Å². The first-order valence-electron chi connectivity index (χ1n) is 5.77. The maximum absolute atomic E-state index is 6.08. The SMILES string of the molecule is CCOCCc1noc(-c2c(Cl)ccc(Cl)c2N)n1. The zero-order chi connectivity index (χ0) is 13.8. The summed E-state index contributed by atoms with van der Waals surface area (Å²) in [6.07, 6.45) is 0.565. The number of nitrogens with two attached hydrogens (primary N) is 1. The first-order valence-corrected chi connectivity index (χ1v) is 6.53. The molecular formula is C12H13Cl2N3O2. The standard InChI is InChI=1S/C12H13Cl2N3O2/c1-2-18-6-5-9-16-12(19-17-9)10-7(13)3-4-8(14)11(10)15/h3-4H,2,5-6,15H2,1H3. The molecule has 0 bridgehead atoms. The van der Waals surface area contributed by atoms with Crippen molar-refractivity contribution in [2.45, 2.75) is 13.3 Å². The molecule has 1 aromatic heterocycles. The molecule has 0 saturated heterocycles. The van der Waals surface area contributed by atoms with Crippen LogP contribution >= 0.6 is 23.2 Å². The fourth-order valence-electron chi connectivity index (χ4n) is 1.55. The van der Waals surface area contributed by atoms with Gasteiger partial charge in [0, 0.05) is 13.0 Å². The van der Waals surface area contributed by atoms with Gasteiger partial charge < -0.3 is 15.0 Å². The Morgan fingerprint density at radius 3 is 2.79 bits per heavy atom. The smallest absolute Gasteiger partial charge is 0.261 e. The number of halogens is 2. The fraction of sp³-hybridized carbons (Fsp3) is 0.333. The van der Waals surface area contributed by atoms with E-state index in [9.17, 15) is 0 Å². The molecule has 1 aromatic carbocycles. The van der Waals surface area contributed by atoms with Gasteiger partial charge in [-0.1, -0.05) is 28.4 Å². The fourth-order valence-corrected chi connectivity index (χ4v) is 1.95. The Hall–Kier alpha value is -1.30. The maximum Gasteiger partial charge on any atom is 0.261 e. The Balaban J connectivity index is 2.25. The second kappa shape index (κ2) is 6.23. The first kappa shape index (κ1) is 14.1. The average molecular weight is 302 g/mol. The van der Waals surface area contributed by atoms with Crippen LogP contribution in [0.5, 0.6) is 0 Å². The molecule has 0 atom stereocenters. The predicted octanol–water partition coefficient (Wildman–Crippen LogP) is 3.20. The normalized spacial score (nSPS) is 10.9. The number of anilines is 1. The highest BCUT2D eigenvalue weighted by Crippen LogP contribution is 2.36. The number of benzene rings is 1. The van der Waals surface area contributed by atoms with Crippen LogP contribution in [0.25, 0.3) is 11.5 Å². The quantitative estimate of drug-likeness (QED) is 0.678. The molecule has 2 N–H and O–H groups in total. The summed E-state index contributed by atoms with van der Waals surface area (Å²) in [5.74, 6) is 0.801. The van der Waals surface area contributed by atoms with E-state index in [2.05, 4.69) is 10.1 Å². The molecule has 0 aliphatic rings. The minimum absolute atomic E-state index is 0.261. The van der Waals surface area contributed by atoms with Gasteiger partial charge in [-0.25, -0.2) is 0 Å². The van der Waals surface area contributed by atoms with Gasteiger partial charge in [0.05, 0.1) is 27.9 Å². The summed E-state index contributed by atoms with van der Waals surface area (Å²) in [6.45, 7) is 3.11. The number of hydrogen-bond donors (Lipinski definition) is 1. The highest BCUT2D eigenvalue weighted by Gasteiger charge is 2.17. The van der Waals surface area contributed by atoms with Gasteiger partial charge in [-0.05, 0) is 19.1 Å². The van der Waals surface area contributed by atoms with Crippen LogP contribution in [0.3, 0.4) is 0 Å². The molecule has 0 amide bonds. The van der Waals surface area contributed by atoms with Crippen LogP contribution < -0.4 is 5.73 Å². The number of nitrogens with zero attached hydrogens (tertiary/aromatic N) is 2. The van der Waals surface area contributed by atoms with Crippen molar-refractivity contribution in [1.82, 2.24) is 10.1 Å². The summed E-state index contributed by atoms with van der Waals surface area (Å²) in [7, 11) is 0. The third kappa shape index (κ3) is 3.18. The molecule has 0 saturated carbocycles. The Morgan fingerprint density at radius 1 is 1.32 bits per heavy atom. The lowest BCUT2D eigenvalue weighted by Crippen LogP contribution is -1.99. The summed E-state index contributed by atoms with van der Waals surface area (Å²) in [5, 5.41) is 4.67. The summed E-state index contributed by atoms with van der Waals surface area (Å²) < 4.78 is 10.4. The van der Waals surface area contributed by atoms with Crippen LogP contribution in [0.15, 0.2) is 16.7 Å². The molecule has 0 spiro atoms. The van der Waals surface area contributed by atoms with E-state index in [4.69, 9.17) is 38.2 Å². The average Bonchev–Trinajstić information content (AvgIpc) is 2.83. The monoisotopic (exact) mass is 301 g/mol. The molecule has 19 heavy (non-hydrogen) atoms. The van der Waals surface area contributed by atoms with Crippen LogP contribution in [0, 0.1) is 0 Å². The minimum atomic E-state index is 0.261. The molecule has 102 valence electrons. The van der Waals surface area contributed by atoms with Gasteiger partial charge in [-0.15, -0.1) is 0 Å². The summed E-state index contributed by atoms with van der Waals surface area (Å²) in [6, 6.07) is 3.26. The van der Waals surface area contributed by atoms with Crippen molar-refractivity contribution in [2.75, 3.05) is 18.9 Å². The van der Waals surface area contributed by atoms with E-state index < -0.39 is 0 Å². The van der Waals surface area contributed by atoms with Gasteiger partial charge in [-0.2, -0.15) is 4.98 Å². The Kier molecular flexibility index (Phi) is 4.63. The summed E-state index contributed by atoms with van der Waals surface area (Å²) in [4.78, 5) is 4.23. The lowest BCUT2D eigenvalue weighted by Gasteiger charge is -2.04. The molecule has 0 radical (unpaired) electrons. The maximum atomic E-state index is 6.08. The molecule has 0 aliphatic carbocycles. The van der Waals surface area contributed by atoms with Crippen molar-refractivity contribution in [3.63, 3.8) is 0 Å². The predicted molar refractivity (Wildman–Crippen MR) is 74.4 cm³/mol. The lowest BCUT2D eigenvalue weighted by atomic mass is 10.2. The Morgan fingerprint density at radius 2 is 2.05 bits per heavy atom. The third-order valence-corrected chi connectivity index (χ3v) is 3.14. The number of hydrogen-bond acceptors (Lipinski definition) is 5. The number of aromatic nitrogens is 2. The van der Waals surface area contributed by atoms with Gasteiger partial charge in [0.2, 0.25) is 0 Å². The van der Waals surface area contributed by atoms with Crippen LogP contribution in [0.2, 0.25) is 10.0 Å². The molecule has 0 fully saturated rings. The van der Waals surface area contributed by atoms with Gasteiger partial charge in [0.25, 0.3) is 5.89 Å². The molecule has 2 rings (SSSR count). The van der Waals surface area contributed by atoms with Crippen molar-refractivity contribution >= 4 is 28.9 Å². The third-order valence-electron chi connectivity index (χ3n) is 2.50. The second-order valence-corrected chi connectivity index (χ2v) is 4.59. The van der Waals surface area contributed by atoms with Gasteiger partial charge >= 0.3 is 0 Å². The van der Waals surface area contributed by atoms with E-state index in [1.807, 2.05) is 6.92 Å². The van der Waals surface area contributed by atoms with Crippen molar-refractivity contribution in [3.8, 4) is 11.5 Å². The number of ether oxygens (including phenoxy) is 1. The van der Waals surface area contributed by atoms with Crippen molar-refractivity contribution in [2.24, 2.45) is 0 Å². The van der Waals surface area contributed by atoms with Crippen LogP contribution in [0.4, 0.5) is 5.69 Å². The minimum Gasteiger partial charge on any atom is -0.397 e. The Labute approximate surface area is 120 Å². The molecule has 0 aliphatic heterocycles. The largest absolute Gasteiger partial charge is 0.397 e.